The first-order valence-electron chi connectivity index (χ1n) is 6.93. The van der Waals surface area contributed by atoms with Crippen molar-refractivity contribution in [3.8, 4) is 5.75 Å². The first-order chi connectivity index (χ1) is 11.9. The average Bonchev–Trinajstić information content (AvgIpc) is 2.59. The van der Waals surface area contributed by atoms with Crippen molar-refractivity contribution in [2.24, 2.45) is 0 Å². The van der Waals surface area contributed by atoms with Gasteiger partial charge in [-0.2, -0.15) is 0 Å². The Balaban J connectivity index is 1.75. The van der Waals surface area contributed by atoms with Gasteiger partial charge in [-0.25, -0.2) is 10.2 Å². The number of ether oxygens (including phenoxy) is 1. The quantitative estimate of drug-likeness (QED) is 0.555. The summed E-state index contributed by atoms with van der Waals surface area (Å²) in [6, 6.07) is 11.0. The van der Waals surface area contributed by atoms with Gasteiger partial charge in [-0.1, -0.05) is 17.7 Å². The zero-order valence-corrected chi connectivity index (χ0v) is 13.4. The van der Waals surface area contributed by atoms with Gasteiger partial charge in [0.25, 0.3) is 11.6 Å². The molecular weight excluding hydrogens is 352 g/mol. The maximum atomic E-state index is 11.6. The lowest BCUT2D eigenvalue weighted by atomic mass is 10.3. The minimum atomic E-state index is -0.764. The van der Waals surface area contributed by atoms with E-state index in [0.717, 1.165) is 0 Å². The van der Waals surface area contributed by atoms with Gasteiger partial charge in [-0.15, -0.1) is 0 Å². The minimum Gasteiger partial charge on any atom is -0.484 e. The summed E-state index contributed by atoms with van der Waals surface area (Å²) in [6.07, 6.45) is 0. The van der Waals surface area contributed by atoms with Crippen molar-refractivity contribution < 1.29 is 19.2 Å². The van der Waals surface area contributed by atoms with E-state index in [2.05, 4.69) is 16.2 Å². The van der Waals surface area contributed by atoms with E-state index in [9.17, 15) is 19.7 Å². The van der Waals surface area contributed by atoms with Crippen molar-refractivity contribution >= 4 is 34.9 Å². The summed E-state index contributed by atoms with van der Waals surface area (Å²) in [5.74, 6) is -0.148. The smallest absolute Gasteiger partial charge is 0.337 e. The Bertz CT molecular complexity index is 782. The Kier molecular flexibility index (Phi) is 6.13. The predicted octanol–water partition coefficient (Wildman–Crippen LogP) is 2.48. The lowest BCUT2D eigenvalue weighted by Crippen LogP contribution is -2.45. The third kappa shape index (κ3) is 5.99. The molecule has 0 unspecified atom stereocenters. The largest absolute Gasteiger partial charge is 0.484 e. The molecule has 10 heteroatoms. The van der Waals surface area contributed by atoms with Crippen LogP contribution < -0.4 is 20.9 Å². The number of urea groups is 1. The van der Waals surface area contributed by atoms with Gasteiger partial charge in [0.2, 0.25) is 0 Å². The third-order valence-corrected chi connectivity index (χ3v) is 3.07. The Morgan fingerprint density at radius 3 is 2.52 bits per heavy atom. The summed E-state index contributed by atoms with van der Waals surface area (Å²) in [5.41, 5.74) is 4.28. The second-order valence-electron chi connectivity index (χ2n) is 4.68. The van der Waals surface area contributed by atoms with Crippen molar-refractivity contribution in [1.29, 1.82) is 0 Å². The van der Waals surface area contributed by atoms with Crippen molar-refractivity contribution in [3.05, 3.63) is 63.7 Å². The number of hydrogen-bond donors (Lipinski definition) is 3. The van der Waals surface area contributed by atoms with E-state index in [1.807, 2.05) is 0 Å². The van der Waals surface area contributed by atoms with Gasteiger partial charge in [0.1, 0.15) is 5.75 Å². The fourth-order valence-electron chi connectivity index (χ4n) is 1.70. The van der Waals surface area contributed by atoms with E-state index < -0.39 is 16.9 Å². The molecule has 0 radical (unpaired) electrons. The Morgan fingerprint density at radius 1 is 1.12 bits per heavy atom. The molecule has 0 heterocycles. The highest BCUT2D eigenvalue weighted by Crippen LogP contribution is 2.17. The monoisotopic (exact) mass is 364 g/mol. The topological polar surface area (TPSA) is 123 Å². The molecule has 0 saturated heterocycles. The Labute approximate surface area is 147 Å². The first-order valence-corrected chi connectivity index (χ1v) is 7.30. The lowest BCUT2D eigenvalue weighted by Gasteiger charge is -2.10. The molecule has 3 N–H and O–H groups in total. The molecule has 0 atom stereocenters. The number of nitrogens with zero attached hydrogens (tertiary/aromatic N) is 1. The number of nitro groups is 1. The maximum absolute atomic E-state index is 11.6. The van der Waals surface area contributed by atoms with E-state index in [1.165, 1.54) is 24.3 Å². The SMILES string of the molecule is O=C(COc1ccc(Cl)cc1)NNC(=O)Nc1cccc([N+](=O)[O-])c1. The van der Waals surface area contributed by atoms with E-state index in [-0.39, 0.29) is 18.0 Å². The minimum absolute atomic E-state index is 0.168. The lowest BCUT2D eigenvalue weighted by molar-refractivity contribution is -0.384. The molecule has 0 aliphatic heterocycles. The number of halogens is 1. The van der Waals surface area contributed by atoms with Gasteiger partial charge >= 0.3 is 6.03 Å². The zero-order valence-electron chi connectivity index (χ0n) is 12.7. The standard InChI is InChI=1S/C15H13ClN4O5/c16-10-4-6-13(7-5-10)25-9-14(21)18-19-15(22)17-11-2-1-3-12(8-11)20(23)24/h1-8H,9H2,(H,18,21)(H2,17,19,22). The molecule has 0 aliphatic rings. The number of anilines is 1. The van der Waals surface area contributed by atoms with Gasteiger partial charge in [0.05, 0.1) is 4.92 Å². The number of hydrogen-bond acceptors (Lipinski definition) is 5. The fraction of sp³-hybridized carbons (Fsp3) is 0.0667. The number of nitrogens with one attached hydrogen (secondary N) is 3. The molecule has 9 nitrogen and oxygen atoms in total. The van der Waals surface area contributed by atoms with Crippen molar-refractivity contribution in [1.82, 2.24) is 10.9 Å². The molecule has 0 fully saturated rings. The molecule has 130 valence electrons. The average molecular weight is 365 g/mol. The highest BCUT2D eigenvalue weighted by molar-refractivity contribution is 6.30. The van der Waals surface area contributed by atoms with Gasteiger partial charge in [0.15, 0.2) is 6.61 Å². The number of benzene rings is 2. The second kappa shape index (κ2) is 8.50. The highest BCUT2D eigenvalue weighted by Gasteiger charge is 2.09. The van der Waals surface area contributed by atoms with Crippen LogP contribution in [-0.4, -0.2) is 23.5 Å². The molecule has 0 saturated carbocycles. The number of carbonyl (C=O) groups excluding carboxylic acids is 2. The summed E-state index contributed by atoms with van der Waals surface area (Å²) in [7, 11) is 0. The number of rotatable bonds is 5. The van der Waals surface area contributed by atoms with Gasteiger partial charge in [0, 0.05) is 22.8 Å². The van der Waals surface area contributed by atoms with Crippen LogP contribution in [0.3, 0.4) is 0 Å². The van der Waals surface area contributed by atoms with Crippen molar-refractivity contribution in [2.45, 2.75) is 0 Å². The van der Waals surface area contributed by atoms with Crippen LogP contribution in [0.15, 0.2) is 48.5 Å². The van der Waals surface area contributed by atoms with Crippen LogP contribution in [0.1, 0.15) is 0 Å². The van der Waals surface area contributed by atoms with Crippen LogP contribution in [0.4, 0.5) is 16.2 Å². The maximum Gasteiger partial charge on any atom is 0.337 e. The third-order valence-electron chi connectivity index (χ3n) is 2.81. The normalized spacial score (nSPS) is 9.80. The molecule has 2 rings (SSSR count). The van der Waals surface area contributed by atoms with Crippen LogP contribution in [0.5, 0.6) is 5.75 Å². The predicted molar refractivity (Wildman–Crippen MR) is 90.3 cm³/mol. The molecular formula is C15H13ClN4O5. The first kappa shape index (κ1) is 18.0. The summed E-state index contributed by atoms with van der Waals surface area (Å²) >= 11 is 5.73. The Morgan fingerprint density at radius 2 is 1.84 bits per heavy atom. The van der Waals surface area contributed by atoms with Crippen LogP contribution >= 0.6 is 11.6 Å². The van der Waals surface area contributed by atoms with E-state index >= 15 is 0 Å². The molecule has 25 heavy (non-hydrogen) atoms. The van der Waals surface area contributed by atoms with Crippen molar-refractivity contribution in [2.75, 3.05) is 11.9 Å². The molecule has 2 aromatic carbocycles. The number of amides is 3. The molecule has 0 bridgehead atoms. The van der Waals surface area contributed by atoms with Crippen LogP contribution in [0.2, 0.25) is 5.02 Å². The number of hydrazine groups is 1. The number of non-ortho nitro benzene ring substituents is 1. The highest BCUT2D eigenvalue weighted by atomic mass is 35.5. The molecule has 0 aliphatic carbocycles. The van der Waals surface area contributed by atoms with E-state index in [4.69, 9.17) is 16.3 Å². The van der Waals surface area contributed by atoms with Crippen LogP contribution in [0.25, 0.3) is 0 Å². The summed E-state index contributed by atoms with van der Waals surface area (Å²) in [6.45, 7) is -0.321. The fourth-order valence-corrected chi connectivity index (χ4v) is 1.83. The second-order valence-corrected chi connectivity index (χ2v) is 5.11. The summed E-state index contributed by atoms with van der Waals surface area (Å²) < 4.78 is 5.20. The van der Waals surface area contributed by atoms with Gasteiger partial charge < -0.3 is 10.1 Å². The molecule has 0 spiro atoms. The number of nitro benzene ring substituents is 1. The van der Waals surface area contributed by atoms with E-state index in [0.29, 0.717) is 10.8 Å². The summed E-state index contributed by atoms with van der Waals surface area (Å²) in [4.78, 5) is 33.3. The van der Waals surface area contributed by atoms with Gasteiger partial charge in [-0.3, -0.25) is 20.3 Å². The van der Waals surface area contributed by atoms with Crippen LogP contribution in [0, 0.1) is 10.1 Å². The number of carbonyl (C=O) groups is 2. The molecule has 3 amide bonds. The molecule has 0 aromatic heterocycles. The molecule has 2 aromatic rings. The zero-order chi connectivity index (χ0) is 18.2. The van der Waals surface area contributed by atoms with Crippen LogP contribution in [-0.2, 0) is 4.79 Å². The van der Waals surface area contributed by atoms with Gasteiger partial charge in [-0.05, 0) is 30.3 Å². The summed E-state index contributed by atoms with van der Waals surface area (Å²) in [5, 5.41) is 13.5. The van der Waals surface area contributed by atoms with Crippen molar-refractivity contribution in [3.63, 3.8) is 0 Å². The Hall–Kier alpha value is -3.33. The van der Waals surface area contributed by atoms with E-state index in [1.54, 1.807) is 24.3 Å².